The topological polar surface area (TPSA) is 32.3 Å². The maximum Gasteiger partial charge on any atom is 0.0979 e. The molecule has 0 saturated carbocycles. The summed E-state index contributed by atoms with van der Waals surface area (Å²) >= 11 is 0. The molecule has 0 amide bonds. The van der Waals surface area contributed by atoms with Crippen LogP contribution >= 0.6 is 0 Å². The largest absolute Gasteiger partial charge is 0.311 e. The second kappa shape index (κ2) is 18.9. The number of anilines is 5. The molecule has 11 aromatic rings. The van der Waals surface area contributed by atoms with Crippen LogP contribution in [0.25, 0.3) is 77.3 Å². The average Bonchev–Trinajstić information content (AvgIpc) is 3.42. The highest BCUT2D eigenvalue weighted by Crippen LogP contribution is 2.42. The summed E-state index contributed by atoms with van der Waals surface area (Å²) in [4.78, 5) is 16.1. The fourth-order valence-corrected chi connectivity index (χ4v) is 9.77. The lowest BCUT2D eigenvalue weighted by Crippen LogP contribution is -2.16. The van der Waals surface area contributed by atoms with E-state index in [4.69, 9.17) is 9.97 Å². The molecule has 0 atom stereocenters. The zero-order valence-corrected chi connectivity index (χ0v) is 38.6. The van der Waals surface area contributed by atoms with Crippen LogP contribution in [-0.4, -0.2) is 9.97 Å². The van der Waals surface area contributed by atoms with Crippen molar-refractivity contribution in [2.45, 2.75) is 12.8 Å². The van der Waals surface area contributed by atoms with E-state index in [0.717, 1.165) is 103 Å². The maximum absolute atomic E-state index is 5.72. The number of hydrogen-bond donors (Lipinski definition) is 0. The minimum Gasteiger partial charge on any atom is -0.311 e. The van der Waals surface area contributed by atoms with Crippen molar-refractivity contribution in [3.05, 3.63) is 273 Å². The standard InChI is InChI=1S/C66H48N4/c1-2-9-25-55(26-10-3-1)69(56-27-11-5-12-28-56)59-39-41-60(42-40-59)70(57-29-13-6-14-30-57)58-37-35-50(36-38-58)64-63(49-21-7-4-8-22-49)67-65-61(53-33-31-47-19-15-17-23-51(47)45-53)43-44-62(66(65)68-64)54-34-32-48-20-16-18-24-52(48)46-54/h1-2,4-9,11-46H,3,10H2/b2-1-,25-9-,55-26+. The van der Waals surface area contributed by atoms with Gasteiger partial charge in [-0.25, -0.2) is 9.97 Å². The fourth-order valence-electron chi connectivity index (χ4n) is 9.77. The van der Waals surface area contributed by atoms with E-state index in [2.05, 4.69) is 277 Å². The third kappa shape index (κ3) is 8.33. The normalized spacial score (nSPS) is 14.1. The lowest BCUT2D eigenvalue weighted by molar-refractivity contribution is 1.02. The van der Waals surface area contributed by atoms with Crippen molar-refractivity contribution in [2.24, 2.45) is 0 Å². The van der Waals surface area contributed by atoms with Crippen molar-refractivity contribution < 1.29 is 0 Å². The Labute approximate surface area is 409 Å². The van der Waals surface area contributed by atoms with Crippen LogP contribution in [-0.2, 0) is 0 Å². The molecule has 332 valence electrons. The number of allylic oxidation sites excluding steroid dienone is 5. The SMILES string of the molecule is C1=C/CC\C=C(N(c2ccccc2)c2ccc(N(c3ccccc3)c3ccc(-c4nc5c(-c6ccc7ccccc7c6)ccc(-c6ccc7ccccc7c6)c5nc4-c4ccccc4)cc3)cc2)/C=C\1. The van der Waals surface area contributed by atoms with Crippen molar-refractivity contribution in [3.8, 4) is 44.8 Å². The third-order valence-corrected chi connectivity index (χ3v) is 13.2. The smallest absolute Gasteiger partial charge is 0.0979 e. The number of benzene rings is 10. The van der Waals surface area contributed by atoms with Gasteiger partial charge in [0.2, 0.25) is 0 Å². The van der Waals surface area contributed by atoms with Gasteiger partial charge in [-0.3, -0.25) is 0 Å². The lowest BCUT2D eigenvalue weighted by Gasteiger charge is -2.29. The van der Waals surface area contributed by atoms with Gasteiger partial charge in [0.1, 0.15) is 0 Å². The van der Waals surface area contributed by atoms with Crippen LogP contribution < -0.4 is 9.80 Å². The van der Waals surface area contributed by atoms with E-state index in [1.807, 2.05) is 0 Å². The van der Waals surface area contributed by atoms with Crippen LogP contribution in [0.2, 0.25) is 0 Å². The summed E-state index contributed by atoms with van der Waals surface area (Å²) < 4.78 is 0. The van der Waals surface area contributed by atoms with Crippen LogP contribution in [0.3, 0.4) is 0 Å². The van der Waals surface area contributed by atoms with E-state index in [-0.39, 0.29) is 0 Å². The van der Waals surface area contributed by atoms with Crippen LogP contribution in [0, 0.1) is 0 Å². The summed E-state index contributed by atoms with van der Waals surface area (Å²) in [6, 6.07) is 84.3. The third-order valence-electron chi connectivity index (χ3n) is 13.2. The first-order chi connectivity index (χ1) is 34.7. The number of para-hydroxylation sites is 2. The van der Waals surface area contributed by atoms with Crippen molar-refractivity contribution >= 4 is 61.0 Å². The molecule has 0 saturated heterocycles. The molecule has 0 bridgehead atoms. The van der Waals surface area contributed by atoms with Gasteiger partial charge < -0.3 is 9.80 Å². The quantitative estimate of drug-likeness (QED) is 0.137. The predicted octanol–water partition coefficient (Wildman–Crippen LogP) is 18.0. The second-order valence-corrected chi connectivity index (χ2v) is 17.7. The van der Waals surface area contributed by atoms with Gasteiger partial charge in [-0.2, -0.15) is 0 Å². The first-order valence-electron chi connectivity index (χ1n) is 24.0. The second-order valence-electron chi connectivity index (χ2n) is 17.7. The van der Waals surface area contributed by atoms with Gasteiger partial charge in [-0.05, 0) is 124 Å². The minimum absolute atomic E-state index is 0.827. The van der Waals surface area contributed by atoms with Crippen LogP contribution in [0.15, 0.2) is 273 Å². The number of hydrogen-bond acceptors (Lipinski definition) is 4. The molecule has 1 aliphatic rings. The van der Waals surface area contributed by atoms with Crippen LogP contribution in [0.5, 0.6) is 0 Å². The van der Waals surface area contributed by atoms with Crippen molar-refractivity contribution in [3.63, 3.8) is 0 Å². The van der Waals surface area contributed by atoms with Gasteiger partial charge >= 0.3 is 0 Å². The Bertz CT molecular complexity index is 3750. The molecule has 0 N–H and O–H groups in total. The van der Waals surface area contributed by atoms with Gasteiger partial charge in [0.05, 0.1) is 22.4 Å². The number of rotatable bonds is 10. The van der Waals surface area contributed by atoms with Gasteiger partial charge in [-0.15, -0.1) is 0 Å². The molecule has 1 heterocycles. The Hall–Kier alpha value is -9.12. The monoisotopic (exact) mass is 896 g/mol. The van der Waals surface area contributed by atoms with Crippen molar-refractivity contribution in [2.75, 3.05) is 9.80 Å². The molecule has 0 fully saturated rings. The molecule has 1 aliphatic carbocycles. The Morgan fingerprint density at radius 2 is 0.729 bits per heavy atom. The molecule has 0 aliphatic heterocycles. The van der Waals surface area contributed by atoms with Crippen molar-refractivity contribution in [1.29, 1.82) is 0 Å². The van der Waals surface area contributed by atoms with Crippen LogP contribution in [0.1, 0.15) is 12.8 Å². The summed E-state index contributed by atoms with van der Waals surface area (Å²) in [5.74, 6) is 0. The van der Waals surface area contributed by atoms with Gasteiger partial charge in [-0.1, -0.05) is 188 Å². The number of fused-ring (bicyclic) bond motifs is 3. The van der Waals surface area contributed by atoms with E-state index in [0.29, 0.717) is 0 Å². The van der Waals surface area contributed by atoms with E-state index in [1.165, 1.54) is 21.5 Å². The molecular weight excluding hydrogens is 849 g/mol. The summed E-state index contributed by atoms with van der Waals surface area (Å²) in [6.45, 7) is 0. The molecular formula is C66H48N4. The highest BCUT2D eigenvalue weighted by molar-refractivity contribution is 6.05. The molecule has 0 radical (unpaired) electrons. The summed E-state index contributed by atoms with van der Waals surface area (Å²) in [5.41, 5.74) is 16.2. The molecule has 1 aromatic heterocycles. The van der Waals surface area contributed by atoms with E-state index >= 15 is 0 Å². The molecule has 0 spiro atoms. The first kappa shape index (κ1) is 42.2. The summed E-state index contributed by atoms with van der Waals surface area (Å²) in [5, 5.41) is 4.78. The molecule has 0 unspecified atom stereocenters. The highest BCUT2D eigenvalue weighted by atomic mass is 15.2. The Balaban J connectivity index is 0.993. The molecule has 10 aromatic carbocycles. The number of aromatic nitrogens is 2. The Morgan fingerprint density at radius 3 is 1.27 bits per heavy atom. The molecule has 4 nitrogen and oxygen atoms in total. The van der Waals surface area contributed by atoms with Crippen molar-refractivity contribution in [1.82, 2.24) is 9.97 Å². The molecule has 70 heavy (non-hydrogen) atoms. The van der Waals surface area contributed by atoms with Gasteiger partial charge in [0.15, 0.2) is 0 Å². The maximum atomic E-state index is 5.72. The fraction of sp³-hybridized carbons (Fsp3) is 0.0303. The Morgan fingerprint density at radius 1 is 0.314 bits per heavy atom. The van der Waals surface area contributed by atoms with Gasteiger partial charge in [0.25, 0.3) is 0 Å². The van der Waals surface area contributed by atoms with E-state index in [9.17, 15) is 0 Å². The molecule has 12 rings (SSSR count). The van der Waals surface area contributed by atoms with Crippen LogP contribution in [0.4, 0.5) is 28.4 Å². The predicted molar refractivity (Wildman–Crippen MR) is 295 cm³/mol. The lowest BCUT2D eigenvalue weighted by atomic mass is 9.94. The van der Waals surface area contributed by atoms with E-state index in [1.54, 1.807) is 0 Å². The minimum atomic E-state index is 0.827. The average molecular weight is 897 g/mol. The van der Waals surface area contributed by atoms with Gasteiger partial charge in [0, 0.05) is 56.4 Å². The van der Waals surface area contributed by atoms with E-state index < -0.39 is 0 Å². The zero-order valence-electron chi connectivity index (χ0n) is 38.6. The Kier molecular flexibility index (Phi) is 11.4. The summed E-state index contributed by atoms with van der Waals surface area (Å²) in [6.07, 6.45) is 13.0. The highest BCUT2D eigenvalue weighted by Gasteiger charge is 2.21. The zero-order chi connectivity index (χ0) is 46.6. The molecule has 4 heteroatoms. The summed E-state index contributed by atoms with van der Waals surface area (Å²) in [7, 11) is 0. The first-order valence-corrected chi connectivity index (χ1v) is 24.0. The number of nitrogens with zero attached hydrogens (tertiary/aromatic N) is 4.